The summed E-state index contributed by atoms with van der Waals surface area (Å²) < 4.78 is 40.1. The van der Waals surface area contributed by atoms with Crippen LogP contribution < -0.4 is 5.32 Å². The van der Waals surface area contributed by atoms with Crippen LogP contribution in [0.3, 0.4) is 0 Å². The lowest BCUT2D eigenvalue weighted by Crippen LogP contribution is -2.16. The normalized spacial score (nSPS) is 11.8. The number of rotatable bonds is 2. The van der Waals surface area contributed by atoms with E-state index >= 15 is 0 Å². The molecule has 0 bridgehead atoms. The lowest BCUT2D eigenvalue weighted by Gasteiger charge is -2.10. The molecular weight excluding hydrogens is 378 g/mol. The Balaban J connectivity index is 2.08. The Kier molecular flexibility index (Phi) is 4.38. The lowest BCUT2D eigenvalue weighted by molar-refractivity contribution is -0.137. The van der Waals surface area contributed by atoms with Crippen molar-refractivity contribution in [2.45, 2.75) is 13.1 Å². The van der Waals surface area contributed by atoms with E-state index in [0.717, 1.165) is 16.7 Å². The van der Waals surface area contributed by atoms with Crippen LogP contribution in [0.25, 0.3) is 5.65 Å². The Hall–Kier alpha value is -2.25. The third kappa shape index (κ3) is 3.43. The second-order valence-electron chi connectivity index (χ2n) is 5.27. The summed E-state index contributed by atoms with van der Waals surface area (Å²) in [5.74, 6) is -0.609. The van der Waals surface area contributed by atoms with Crippen LogP contribution in [-0.4, -0.2) is 15.3 Å². The van der Waals surface area contributed by atoms with Gasteiger partial charge in [-0.3, -0.25) is 9.20 Å². The highest BCUT2D eigenvalue weighted by Crippen LogP contribution is 2.33. The highest BCUT2D eigenvalue weighted by molar-refractivity contribution is 6.33. The third-order valence-corrected chi connectivity index (χ3v) is 4.02. The molecule has 1 aromatic carbocycles. The van der Waals surface area contributed by atoms with Gasteiger partial charge in [0.15, 0.2) is 5.65 Å². The van der Waals surface area contributed by atoms with Gasteiger partial charge in [0, 0.05) is 16.9 Å². The number of aromatic nitrogens is 2. The second kappa shape index (κ2) is 6.24. The number of benzene rings is 1. The van der Waals surface area contributed by atoms with Crippen LogP contribution >= 0.6 is 23.2 Å². The molecule has 0 saturated heterocycles. The predicted octanol–water partition coefficient (Wildman–Crippen LogP) is 5.22. The van der Waals surface area contributed by atoms with Crippen molar-refractivity contribution in [2.24, 2.45) is 0 Å². The van der Waals surface area contributed by atoms with Gasteiger partial charge in [-0.05, 0) is 37.3 Å². The van der Waals surface area contributed by atoms with Crippen molar-refractivity contribution >= 4 is 40.4 Å². The van der Waals surface area contributed by atoms with E-state index in [1.807, 2.05) is 0 Å². The van der Waals surface area contributed by atoms with Crippen LogP contribution in [-0.2, 0) is 6.18 Å². The minimum Gasteiger partial charge on any atom is -0.321 e. The van der Waals surface area contributed by atoms with Gasteiger partial charge in [-0.15, -0.1) is 0 Å². The predicted molar refractivity (Wildman–Crippen MR) is 89.3 cm³/mol. The minimum atomic E-state index is -4.60. The number of fused-ring (bicyclic) bond motifs is 1. The largest absolute Gasteiger partial charge is 0.417 e. The lowest BCUT2D eigenvalue weighted by atomic mass is 10.2. The number of carbonyl (C=O) groups excluding carboxylic acids is 1. The van der Waals surface area contributed by atoms with Gasteiger partial charge < -0.3 is 5.32 Å². The fourth-order valence-electron chi connectivity index (χ4n) is 2.37. The molecule has 0 atom stereocenters. The highest BCUT2D eigenvalue weighted by Gasteiger charge is 2.32. The van der Waals surface area contributed by atoms with Crippen LogP contribution in [0.4, 0.5) is 18.9 Å². The molecule has 2 aromatic heterocycles. The number of anilines is 1. The summed E-state index contributed by atoms with van der Waals surface area (Å²) in [6.45, 7) is 1.52. The number of nitrogens with one attached hydrogen (secondary N) is 1. The average Bonchev–Trinajstić information content (AvgIpc) is 2.85. The Bertz CT molecular complexity index is 965. The van der Waals surface area contributed by atoms with Crippen molar-refractivity contribution < 1.29 is 18.0 Å². The molecule has 130 valence electrons. The van der Waals surface area contributed by atoms with Gasteiger partial charge in [-0.25, -0.2) is 4.98 Å². The number of aryl methyl sites for hydroxylation is 1. The van der Waals surface area contributed by atoms with Crippen LogP contribution in [0.5, 0.6) is 0 Å². The van der Waals surface area contributed by atoms with Crippen molar-refractivity contribution in [3.63, 3.8) is 0 Å². The van der Waals surface area contributed by atoms with Crippen molar-refractivity contribution in [1.82, 2.24) is 9.38 Å². The summed E-state index contributed by atoms with van der Waals surface area (Å²) in [5, 5.41) is 2.90. The van der Waals surface area contributed by atoms with Gasteiger partial charge in [0.25, 0.3) is 5.91 Å². The summed E-state index contributed by atoms with van der Waals surface area (Å²) in [4.78, 5) is 16.6. The number of pyridine rings is 1. The minimum absolute atomic E-state index is 0.0297. The number of hydrogen-bond donors (Lipinski definition) is 1. The summed E-state index contributed by atoms with van der Waals surface area (Å²) in [6, 6.07) is 7.10. The van der Waals surface area contributed by atoms with Crippen LogP contribution in [0.1, 0.15) is 21.7 Å². The number of amides is 1. The molecule has 0 aliphatic heterocycles. The smallest absolute Gasteiger partial charge is 0.321 e. The number of alkyl halides is 3. The number of hydrogen-bond acceptors (Lipinski definition) is 2. The van der Waals surface area contributed by atoms with E-state index in [2.05, 4.69) is 10.3 Å². The van der Waals surface area contributed by atoms with Gasteiger partial charge in [0.2, 0.25) is 0 Å². The Morgan fingerprint density at radius 2 is 1.84 bits per heavy atom. The van der Waals surface area contributed by atoms with Crippen molar-refractivity contribution in [1.29, 1.82) is 0 Å². The maximum atomic E-state index is 13.0. The Labute approximate surface area is 150 Å². The van der Waals surface area contributed by atoms with Crippen LogP contribution in [0.15, 0.2) is 36.5 Å². The van der Waals surface area contributed by atoms with Crippen molar-refractivity contribution in [2.75, 3.05) is 5.32 Å². The second-order valence-corrected chi connectivity index (χ2v) is 6.12. The molecule has 1 N–H and O–H groups in total. The molecule has 0 radical (unpaired) electrons. The van der Waals surface area contributed by atoms with E-state index in [4.69, 9.17) is 23.2 Å². The average molecular weight is 388 g/mol. The molecule has 0 saturated carbocycles. The molecule has 0 aliphatic rings. The van der Waals surface area contributed by atoms with Gasteiger partial charge in [0.1, 0.15) is 5.69 Å². The maximum Gasteiger partial charge on any atom is 0.417 e. The molecule has 3 aromatic rings. The Morgan fingerprint density at radius 1 is 1.20 bits per heavy atom. The Morgan fingerprint density at radius 3 is 2.44 bits per heavy atom. The van der Waals surface area contributed by atoms with Crippen molar-refractivity contribution in [3.8, 4) is 0 Å². The molecule has 4 nitrogen and oxygen atoms in total. The number of imidazole rings is 1. The zero-order valence-corrected chi connectivity index (χ0v) is 14.2. The molecule has 1 amide bonds. The molecule has 25 heavy (non-hydrogen) atoms. The third-order valence-electron chi connectivity index (χ3n) is 3.49. The first kappa shape index (κ1) is 17.6. The number of carbonyl (C=O) groups is 1. The molecule has 9 heteroatoms. The summed E-state index contributed by atoms with van der Waals surface area (Å²) >= 11 is 11.7. The summed E-state index contributed by atoms with van der Waals surface area (Å²) in [6.07, 6.45) is -3.79. The topological polar surface area (TPSA) is 46.4 Å². The molecule has 0 unspecified atom stereocenters. The quantitative estimate of drug-likeness (QED) is 0.654. The molecule has 0 fully saturated rings. The van der Waals surface area contributed by atoms with Crippen LogP contribution in [0.2, 0.25) is 10.0 Å². The molecule has 3 rings (SSSR count). The zero-order valence-electron chi connectivity index (χ0n) is 12.7. The number of halogens is 5. The molecule has 0 aliphatic carbocycles. The van der Waals surface area contributed by atoms with Gasteiger partial charge in [-0.2, -0.15) is 13.2 Å². The van der Waals surface area contributed by atoms with E-state index in [0.29, 0.717) is 10.7 Å². The first-order valence-electron chi connectivity index (χ1n) is 6.99. The van der Waals surface area contributed by atoms with Crippen molar-refractivity contribution in [3.05, 3.63) is 63.5 Å². The first-order valence-corrected chi connectivity index (χ1v) is 7.74. The van der Waals surface area contributed by atoms with E-state index in [1.165, 1.54) is 6.92 Å². The van der Waals surface area contributed by atoms with E-state index in [1.54, 1.807) is 24.3 Å². The summed E-state index contributed by atoms with van der Waals surface area (Å²) in [5.41, 5.74) is -0.219. The van der Waals surface area contributed by atoms with Gasteiger partial charge in [0.05, 0.1) is 16.3 Å². The number of nitrogens with zero attached hydrogens (tertiary/aromatic N) is 2. The molecule has 2 heterocycles. The van der Waals surface area contributed by atoms with Crippen LogP contribution in [0, 0.1) is 6.92 Å². The monoisotopic (exact) mass is 387 g/mol. The zero-order chi connectivity index (χ0) is 18.4. The summed E-state index contributed by atoms with van der Waals surface area (Å²) in [7, 11) is 0. The fourth-order valence-corrected chi connectivity index (χ4v) is 2.75. The SMILES string of the molecule is Cc1nc2c(Cl)cc(C(F)(F)F)cn2c1C(=O)Nc1ccc(Cl)cc1. The van der Waals surface area contributed by atoms with Gasteiger partial charge in [-0.1, -0.05) is 23.2 Å². The maximum absolute atomic E-state index is 13.0. The van der Waals surface area contributed by atoms with E-state index in [-0.39, 0.29) is 22.1 Å². The fraction of sp³-hybridized carbons (Fsp3) is 0.125. The van der Waals surface area contributed by atoms with Gasteiger partial charge >= 0.3 is 6.18 Å². The molecule has 0 spiro atoms. The first-order chi connectivity index (χ1) is 11.7. The standard InChI is InChI=1S/C16H10Cl2F3N3O/c1-8-13(15(25)23-11-4-2-10(17)3-5-11)24-7-9(16(19,20)21)6-12(18)14(24)22-8/h2-7H,1H3,(H,23,25). The van der Waals surface area contributed by atoms with E-state index < -0.39 is 17.6 Å². The van der Waals surface area contributed by atoms with E-state index in [9.17, 15) is 18.0 Å². The highest BCUT2D eigenvalue weighted by atomic mass is 35.5. The molecular formula is C16H10Cl2F3N3O.